The Kier molecular flexibility index (Phi) is 4.17. The average Bonchev–Trinajstić information content (AvgIpc) is 2.31. The maximum Gasteiger partial charge on any atom is 0.180 e. The van der Waals surface area contributed by atoms with Crippen molar-refractivity contribution in [2.24, 2.45) is 4.99 Å². The Morgan fingerprint density at radius 1 is 1.29 bits per heavy atom. The highest BCUT2D eigenvalue weighted by Gasteiger charge is 2.18. The quantitative estimate of drug-likeness (QED) is 0.832. The maximum atomic E-state index is 11.9. The van der Waals surface area contributed by atoms with E-state index in [1.54, 1.807) is 45.2 Å². The highest BCUT2D eigenvalue weighted by Crippen LogP contribution is 2.16. The summed E-state index contributed by atoms with van der Waals surface area (Å²) < 4.78 is 23.8. The van der Waals surface area contributed by atoms with Crippen molar-refractivity contribution in [1.29, 1.82) is 5.41 Å². The Morgan fingerprint density at radius 3 is 2.18 bits per heavy atom. The lowest BCUT2D eigenvalue weighted by atomic mass is 10.1. The van der Waals surface area contributed by atoms with Crippen molar-refractivity contribution in [3.05, 3.63) is 29.8 Å². The summed E-state index contributed by atoms with van der Waals surface area (Å²) in [7, 11) is -1.63. The minimum Gasteiger partial charge on any atom is -0.306 e. The SMILES string of the molecule is C/N=C(\C=N)c1ccc(S(=O)(=O)C(C)C)cc1. The van der Waals surface area contributed by atoms with Gasteiger partial charge in [-0.15, -0.1) is 0 Å². The van der Waals surface area contributed by atoms with Crippen LogP contribution in [0.15, 0.2) is 34.2 Å². The normalized spacial score (nSPS) is 12.8. The lowest BCUT2D eigenvalue weighted by Crippen LogP contribution is -2.14. The Morgan fingerprint density at radius 2 is 1.82 bits per heavy atom. The second kappa shape index (κ2) is 5.23. The van der Waals surface area contributed by atoms with E-state index in [1.807, 2.05) is 0 Å². The second-order valence-electron chi connectivity index (χ2n) is 3.87. The molecule has 0 fully saturated rings. The van der Waals surface area contributed by atoms with Crippen LogP contribution in [0.1, 0.15) is 19.4 Å². The topological polar surface area (TPSA) is 70.3 Å². The molecule has 0 spiro atoms. The van der Waals surface area contributed by atoms with Gasteiger partial charge in [0, 0.05) is 18.8 Å². The number of hydrogen-bond acceptors (Lipinski definition) is 4. The lowest BCUT2D eigenvalue weighted by molar-refractivity contribution is 0.587. The van der Waals surface area contributed by atoms with Gasteiger partial charge in [-0.2, -0.15) is 0 Å². The summed E-state index contributed by atoms with van der Waals surface area (Å²) in [5.41, 5.74) is 1.27. The number of rotatable bonds is 4. The molecule has 0 saturated heterocycles. The zero-order chi connectivity index (χ0) is 13.1. The van der Waals surface area contributed by atoms with Gasteiger partial charge in [-0.05, 0) is 26.0 Å². The van der Waals surface area contributed by atoms with E-state index in [0.29, 0.717) is 10.6 Å². The van der Waals surface area contributed by atoms with Crippen molar-refractivity contribution in [3.63, 3.8) is 0 Å². The molecule has 1 aromatic rings. The van der Waals surface area contributed by atoms with Gasteiger partial charge < -0.3 is 5.41 Å². The van der Waals surface area contributed by atoms with Crippen LogP contribution in [-0.2, 0) is 9.84 Å². The van der Waals surface area contributed by atoms with E-state index in [0.717, 1.165) is 11.8 Å². The van der Waals surface area contributed by atoms with Crippen molar-refractivity contribution in [2.75, 3.05) is 7.05 Å². The second-order valence-corrected chi connectivity index (χ2v) is 6.38. The molecule has 17 heavy (non-hydrogen) atoms. The van der Waals surface area contributed by atoms with Crippen molar-refractivity contribution in [2.45, 2.75) is 24.0 Å². The predicted octanol–water partition coefficient (Wildman–Crippen LogP) is 1.94. The number of sulfone groups is 1. The van der Waals surface area contributed by atoms with E-state index in [-0.39, 0.29) is 0 Å². The van der Waals surface area contributed by atoms with Gasteiger partial charge in [0.15, 0.2) is 9.84 Å². The van der Waals surface area contributed by atoms with Crippen LogP contribution < -0.4 is 0 Å². The number of benzene rings is 1. The summed E-state index contributed by atoms with van der Waals surface area (Å²) in [4.78, 5) is 4.23. The van der Waals surface area contributed by atoms with E-state index >= 15 is 0 Å². The molecular formula is C12H16N2O2S. The van der Waals surface area contributed by atoms with Crippen LogP contribution in [0.5, 0.6) is 0 Å². The third-order valence-corrected chi connectivity index (χ3v) is 4.65. The Bertz CT molecular complexity index is 528. The molecule has 4 nitrogen and oxygen atoms in total. The fraction of sp³-hybridized carbons (Fsp3) is 0.333. The maximum absolute atomic E-state index is 11.9. The van der Waals surface area contributed by atoms with Crippen molar-refractivity contribution >= 4 is 21.8 Å². The van der Waals surface area contributed by atoms with Crippen LogP contribution in [0.4, 0.5) is 0 Å². The van der Waals surface area contributed by atoms with Gasteiger partial charge in [0.1, 0.15) is 0 Å². The summed E-state index contributed by atoms with van der Waals surface area (Å²) in [5.74, 6) is 0. The highest BCUT2D eigenvalue weighted by molar-refractivity contribution is 7.92. The summed E-state index contributed by atoms with van der Waals surface area (Å²) in [6, 6.07) is 6.45. The summed E-state index contributed by atoms with van der Waals surface area (Å²) in [6.07, 6.45) is 1.14. The van der Waals surface area contributed by atoms with Gasteiger partial charge in [0.25, 0.3) is 0 Å². The zero-order valence-corrected chi connectivity index (χ0v) is 11.0. The predicted molar refractivity (Wildman–Crippen MR) is 70.0 cm³/mol. The first-order valence-corrected chi connectivity index (χ1v) is 6.79. The lowest BCUT2D eigenvalue weighted by Gasteiger charge is -2.08. The molecule has 0 bridgehead atoms. The van der Waals surface area contributed by atoms with E-state index in [1.165, 1.54) is 0 Å². The molecule has 0 atom stereocenters. The van der Waals surface area contributed by atoms with E-state index in [2.05, 4.69) is 4.99 Å². The first-order chi connectivity index (χ1) is 7.93. The summed E-state index contributed by atoms with van der Waals surface area (Å²) in [5, 5.41) is 6.73. The van der Waals surface area contributed by atoms with Gasteiger partial charge in [0.2, 0.25) is 0 Å². The average molecular weight is 252 g/mol. The molecule has 0 aliphatic rings. The molecule has 0 heterocycles. The summed E-state index contributed by atoms with van der Waals surface area (Å²) in [6.45, 7) is 3.31. The van der Waals surface area contributed by atoms with E-state index < -0.39 is 15.1 Å². The van der Waals surface area contributed by atoms with E-state index in [4.69, 9.17) is 5.41 Å². The van der Waals surface area contributed by atoms with Crippen LogP contribution in [0, 0.1) is 5.41 Å². The molecule has 1 N–H and O–H groups in total. The molecule has 0 unspecified atom stereocenters. The van der Waals surface area contributed by atoms with Crippen LogP contribution in [0.2, 0.25) is 0 Å². The molecule has 0 amide bonds. The number of aliphatic imine (C=N–C) groups is 1. The molecule has 0 aliphatic heterocycles. The molecule has 0 aliphatic carbocycles. The van der Waals surface area contributed by atoms with Gasteiger partial charge in [-0.3, -0.25) is 4.99 Å². The molecule has 92 valence electrons. The number of nitrogens with zero attached hydrogens (tertiary/aromatic N) is 1. The van der Waals surface area contributed by atoms with Crippen LogP contribution >= 0.6 is 0 Å². The standard InChI is InChI=1S/C12H16N2O2S/c1-9(2)17(15,16)11-6-4-10(5-7-11)12(8-13)14-3/h4-9,13H,1-3H3/b13-8?,14-12+. The molecule has 1 aromatic carbocycles. The van der Waals surface area contributed by atoms with E-state index in [9.17, 15) is 8.42 Å². The summed E-state index contributed by atoms with van der Waals surface area (Å²) >= 11 is 0. The number of hydrogen-bond donors (Lipinski definition) is 1. The molecule has 1 rings (SSSR count). The molecule has 5 heteroatoms. The third-order valence-electron chi connectivity index (χ3n) is 2.48. The Hall–Kier alpha value is -1.49. The van der Waals surface area contributed by atoms with Crippen molar-refractivity contribution in [3.8, 4) is 0 Å². The number of nitrogens with one attached hydrogen (secondary N) is 1. The Balaban J connectivity index is 3.17. The largest absolute Gasteiger partial charge is 0.306 e. The fourth-order valence-electron chi connectivity index (χ4n) is 1.36. The Labute approximate surface area is 102 Å². The third kappa shape index (κ3) is 2.79. The van der Waals surface area contributed by atoms with Gasteiger partial charge in [-0.1, -0.05) is 12.1 Å². The smallest absolute Gasteiger partial charge is 0.180 e. The molecule has 0 aromatic heterocycles. The van der Waals surface area contributed by atoms with Crippen molar-refractivity contribution in [1.82, 2.24) is 0 Å². The first-order valence-electron chi connectivity index (χ1n) is 5.25. The fourth-order valence-corrected chi connectivity index (χ4v) is 2.42. The van der Waals surface area contributed by atoms with Crippen LogP contribution in [0.25, 0.3) is 0 Å². The minimum atomic E-state index is -3.23. The van der Waals surface area contributed by atoms with Gasteiger partial charge >= 0.3 is 0 Å². The minimum absolute atomic E-state index is 0.302. The zero-order valence-electron chi connectivity index (χ0n) is 10.1. The van der Waals surface area contributed by atoms with Crippen LogP contribution in [-0.4, -0.2) is 32.6 Å². The monoisotopic (exact) mass is 252 g/mol. The van der Waals surface area contributed by atoms with Crippen LogP contribution in [0.3, 0.4) is 0 Å². The van der Waals surface area contributed by atoms with Gasteiger partial charge in [0.05, 0.1) is 15.9 Å². The molecule has 0 saturated carbocycles. The highest BCUT2D eigenvalue weighted by atomic mass is 32.2. The first kappa shape index (κ1) is 13.6. The van der Waals surface area contributed by atoms with Gasteiger partial charge in [-0.25, -0.2) is 8.42 Å². The van der Waals surface area contributed by atoms with Crippen molar-refractivity contribution < 1.29 is 8.42 Å². The molecule has 0 radical (unpaired) electrons. The molecular weight excluding hydrogens is 236 g/mol.